The maximum absolute atomic E-state index is 12.1. The molecule has 0 saturated carbocycles. The Bertz CT molecular complexity index is 373. The molecule has 0 amide bonds. The zero-order valence-electron chi connectivity index (χ0n) is 8.98. The maximum atomic E-state index is 12.1. The number of nitrogens with two attached hydrogens (primary N) is 1. The molecule has 0 radical (unpaired) electrons. The molecule has 0 bridgehead atoms. The highest BCUT2D eigenvalue weighted by Gasteiger charge is 2.31. The predicted molar refractivity (Wildman–Crippen MR) is 55.3 cm³/mol. The molecule has 0 saturated heterocycles. The monoisotopic (exact) mass is 255 g/mol. The molecular weight excluding hydrogens is 243 g/mol. The molecule has 2 N–H and O–H groups in total. The number of alkyl halides is 3. The molecule has 1 heterocycles. The van der Waals surface area contributed by atoms with Crippen molar-refractivity contribution in [2.45, 2.75) is 32.0 Å². The minimum atomic E-state index is -4.25. The Hall–Kier alpha value is -0.750. The van der Waals surface area contributed by atoms with Gasteiger partial charge in [0.05, 0.1) is 12.1 Å². The van der Waals surface area contributed by atoms with Gasteiger partial charge in [0.2, 0.25) is 0 Å². The van der Waals surface area contributed by atoms with Crippen molar-refractivity contribution in [2.75, 3.05) is 0 Å². The maximum Gasteiger partial charge on any atom is 0.390 e. The second-order valence-electron chi connectivity index (χ2n) is 3.76. The predicted octanol–water partition coefficient (Wildman–Crippen LogP) is 2.20. The van der Waals surface area contributed by atoms with Gasteiger partial charge in [-0.2, -0.15) is 18.3 Å². The fraction of sp³-hybridized carbons (Fsp3) is 0.667. The lowest BCUT2D eigenvalue weighted by Crippen LogP contribution is -2.29. The largest absolute Gasteiger partial charge is 0.390 e. The Morgan fingerprint density at radius 1 is 1.50 bits per heavy atom. The van der Waals surface area contributed by atoms with Crippen molar-refractivity contribution in [1.29, 1.82) is 0 Å². The highest BCUT2D eigenvalue weighted by Crippen LogP contribution is 2.25. The molecule has 0 fully saturated rings. The van der Waals surface area contributed by atoms with Gasteiger partial charge in [0.15, 0.2) is 0 Å². The molecule has 16 heavy (non-hydrogen) atoms. The van der Waals surface area contributed by atoms with Crippen LogP contribution in [0, 0.1) is 6.92 Å². The van der Waals surface area contributed by atoms with Gasteiger partial charge in [0.1, 0.15) is 5.15 Å². The van der Waals surface area contributed by atoms with Crippen LogP contribution in [-0.4, -0.2) is 22.0 Å². The second kappa shape index (κ2) is 4.63. The van der Waals surface area contributed by atoms with E-state index in [-0.39, 0.29) is 6.42 Å². The van der Waals surface area contributed by atoms with Gasteiger partial charge in [-0.25, -0.2) is 0 Å². The lowest BCUT2D eigenvalue weighted by molar-refractivity contribution is -0.138. The van der Waals surface area contributed by atoms with Gasteiger partial charge in [-0.3, -0.25) is 4.68 Å². The van der Waals surface area contributed by atoms with Gasteiger partial charge in [0.25, 0.3) is 0 Å². The van der Waals surface area contributed by atoms with Crippen molar-refractivity contribution >= 4 is 11.6 Å². The first-order valence-corrected chi connectivity index (χ1v) is 5.09. The van der Waals surface area contributed by atoms with Crippen molar-refractivity contribution in [3.8, 4) is 0 Å². The number of rotatable bonds is 3. The van der Waals surface area contributed by atoms with Crippen LogP contribution in [0.15, 0.2) is 0 Å². The number of aryl methyl sites for hydroxylation is 2. The van der Waals surface area contributed by atoms with Crippen LogP contribution < -0.4 is 5.73 Å². The molecule has 3 nitrogen and oxygen atoms in total. The van der Waals surface area contributed by atoms with Gasteiger partial charge >= 0.3 is 6.18 Å². The van der Waals surface area contributed by atoms with Crippen LogP contribution in [0.25, 0.3) is 0 Å². The van der Waals surface area contributed by atoms with E-state index in [2.05, 4.69) is 5.10 Å². The summed E-state index contributed by atoms with van der Waals surface area (Å²) in [5.74, 6) is 0. The molecule has 0 aliphatic carbocycles. The SMILES string of the molecule is Cc1nn(C)c(Cl)c1CC(N)CC(F)(F)F. The van der Waals surface area contributed by atoms with E-state index in [1.165, 1.54) is 4.68 Å². The Morgan fingerprint density at radius 2 is 2.06 bits per heavy atom. The molecule has 92 valence electrons. The lowest BCUT2D eigenvalue weighted by Gasteiger charge is -2.13. The lowest BCUT2D eigenvalue weighted by atomic mass is 10.0. The molecule has 1 aromatic heterocycles. The average Bonchev–Trinajstić information content (AvgIpc) is 2.29. The molecule has 0 aromatic carbocycles. The second-order valence-corrected chi connectivity index (χ2v) is 4.12. The van der Waals surface area contributed by atoms with Crippen LogP contribution in [0.1, 0.15) is 17.7 Å². The van der Waals surface area contributed by atoms with Gasteiger partial charge in [-0.1, -0.05) is 11.6 Å². The van der Waals surface area contributed by atoms with Crippen LogP contribution in [0.5, 0.6) is 0 Å². The zero-order chi connectivity index (χ0) is 12.5. The van der Waals surface area contributed by atoms with Crippen molar-refractivity contribution in [1.82, 2.24) is 9.78 Å². The van der Waals surface area contributed by atoms with Crippen molar-refractivity contribution in [2.24, 2.45) is 12.8 Å². The summed E-state index contributed by atoms with van der Waals surface area (Å²) >= 11 is 5.89. The van der Waals surface area contributed by atoms with Crippen molar-refractivity contribution < 1.29 is 13.2 Å². The van der Waals surface area contributed by atoms with Crippen LogP contribution in [0.3, 0.4) is 0 Å². The molecule has 1 aromatic rings. The van der Waals surface area contributed by atoms with E-state index in [9.17, 15) is 13.2 Å². The first-order valence-electron chi connectivity index (χ1n) is 4.71. The van der Waals surface area contributed by atoms with E-state index in [0.29, 0.717) is 16.4 Å². The summed E-state index contributed by atoms with van der Waals surface area (Å²) in [6, 6.07) is -0.986. The summed E-state index contributed by atoms with van der Waals surface area (Å²) in [5.41, 5.74) is 6.62. The summed E-state index contributed by atoms with van der Waals surface area (Å²) in [4.78, 5) is 0. The van der Waals surface area contributed by atoms with E-state index in [1.807, 2.05) is 0 Å². The van der Waals surface area contributed by atoms with Crippen LogP contribution >= 0.6 is 11.6 Å². The average molecular weight is 256 g/mol. The summed E-state index contributed by atoms with van der Waals surface area (Å²) < 4.78 is 37.7. The normalized spacial score (nSPS) is 14.2. The Balaban J connectivity index is 2.73. The van der Waals surface area contributed by atoms with Gasteiger partial charge in [-0.05, 0) is 13.3 Å². The number of aromatic nitrogens is 2. The highest BCUT2D eigenvalue weighted by atomic mass is 35.5. The number of halogens is 4. The third kappa shape index (κ3) is 3.38. The van der Waals surface area contributed by atoms with Crippen molar-refractivity contribution in [3.05, 3.63) is 16.4 Å². The standard InChI is InChI=1S/C9H13ClF3N3/c1-5-7(8(10)16(2)15-5)3-6(14)4-9(11,12)13/h6H,3-4,14H2,1-2H3. The van der Waals surface area contributed by atoms with Crippen molar-refractivity contribution in [3.63, 3.8) is 0 Å². The fourth-order valence-corrected chi connectivity index (χ4v) is 1.79. The van der Waals surface area contributed by atoms with E-state index in [1.54, 1.807) is 14.0 Å². The molecule has 7 heteroatoms. The zero-order valence-corrected chi connectivity index (χ0v) is 9.73. The first kappa shape index (κ1) is 13.3. The number of hydrogen-bond acceptors (Lipinski definition) is 2. The number of hydrogen-bond donors (Lipinski definition) is 1. The van der Waals surface area contributed by atoms with E-state index in [0.717, 1.165) is 0 Å². The summed E-state index contributed by atoms with van der Waals surface area (Å²) in [6.45, 7) is 1.70. The third-order valence-electron chi connectivity index (χ3n) is 2.23. The fourth-order valence-electron chi connectivity index (χ4n) is 1.54. The van der Waals surface area contributed by atoms with E-state index < -0.39 is 18.6 Å². The third-order valence-corrected chi connectivity index (χ3v) is 2.70. The highest BCUT2D eigenvalue weighted by molar-refractivity contribution is 6.30. The quantitative estimate of drug-likeness (QED) is 0.900. The van der Waals surface area contributed by atoms with Gasteiger partial charge in [0, 0.05) is 18.7 Å². The van der Waals surface area contributed by atoms with Crippen LogP contribution in [0.2, 0.25) is 5.15 Å². The number of nitrogens with zero attached hydrogens (tertiary/aromatic N) is 2. The molecule has 1 rings (SSSR count). The van der Waals surface area contributed by atoms with Gasteiger partial charge < -0.3 is 5.73 Å². The first-order chi connectivity index (χ1) is 7.20. The molecule has 0 spiro atoms. The van der Waals surface area contributed by atoms with Gasteiger partial charge in [-0.15, -0.1) is 0 Å². The Morgan fingerprint density at radius 3 is 2.44 bits per heavy atom. The van der Waals surface area contributed by atoms with E-state index >= 15 is 0 Å². The Labute approximate surface area is 96.4 Å². The summed E-state index contributed by atoms with van der Waals surface area (Å²) in [5, 5.41) is 4.35. The molecule has 0 aliphatic heterocycles. The minimum absolute atomic E-state index is 0.0814. The molecule has 0 aliphatic rings. The Kier molecular flexibility index (Phi) is 3.85. The molecule has 1 unspecified atom stereocenters. The topological polar surface area (TPSA) is 43.8 Å². The smallest absolute Gasteiger partial charge is 0.327 e. The summed E-state index contributed by atoms with van der Waals surface area (Å²) in [6.07, 6.45) is -5.18. The van der Waals surface area contributed by atoms with E-state index in [4.69, 9.17) is 17.3 Å². The van der Waals surface area contributed by atoms with Crippen LogP contribution in [-0.2, 0) is 13.5 Å². The molecular formula is C9H13ClF3N3. The van der Waals surface area contributed by atoms with Crippen LogP contribution in [0.4, 0.5) is 13.2 Å². The molecule has 1 atom stereocenters. The summed E-state index contributed by atoms with van der Waals surface area (Å²) in [7, 11) is 1.63. The minimum Gasteiger partial charge on any atom is -0.327 e.